The molecule has 0 saturated carbocycles. The van der Waals surface area contributed by atoms with E-state index in [1.54, 1.807) is 0 Å². The number of aliphatic hydroxyl groups excluding tert-OH is 2. The molecule has 1 aromatic rings. The molecule has 1 aliphatic carbocycles. The van der Waals surface area contributed by atoms with Crippen LogP contribution in [0.4, 0.5) is 0 Å². The van der Waals surface area contributed by atoms with E-state index in [-0.39, 0.29) is 6.61 Å². The highest BCUT2D eigenvalue weighted by Gasteiger charge is 2.25. The summed E-state index contributed by atoms with van der Waals surface area (Å²) >= 11 is 3.51. The predicted octanol–water partition coefficient (Wildman–Crippen LogP) is 2.11. The first kappa shape index (κ1) is 14.0. The first-order valence-corrected chi connectivity index (χ1v) is 7.18. The zero-order chi connectivity index (χ0) is 13.1. The summed E-state index contributed by atoms with van der Waals surface area (Å²) in [4.78, 5) is 2.28. The fourth-order valence-corrected chi connectivity index (χ4v) is 3.03. The summed E-state index contributed by atoms with van der Waals surface area (Å²) in [7, 11) is 2.09. The maximum atomic E-state index is 9.40. The van der Waals surface area contributed by atoms with Gasteiger partial charge < -0.3 is 10.2 Å². The van der Waals surface area contributed by atoms with Crippen LogP contribution in [0, 0.1) is 0 Å². The summed E-state index contributed by atoms with van der Waals surface area (Å²) < 4.78 is 1.14. The number of hydrogen-bond donors (Lipinski definition) is 2. The standard InChI is InChI=1S/C14H20BrNO2/c1-16(7-6-12(18)9-17)14-5-2-10-8-11(15)3-4-13(10)14/h3-4,8,12,14,17-18H,2,5-7,9H2,1H3. The summed E-state index contributed by atoms with van der Waals surface area (Å²) in [6.07, 6.45) is 2.28. The lowest BCUT2D eigenvalue weighted by atomic mass is 10.1. The van der Waals surface area contributed by atoms with Crippen LogP contribution in [0.25, 0.3) is 0 Å². The van der Waals surface area contributed by atoms with Gasteiger partial charge >= 0.3 is 0 Å². The van der Waals surface area contributed by atoms with Crippen LogP contribution in [-0.4, -0.2) is 41.4 Å². The molecule has 1 aromatic carbocycles. The van der Waals surface area contributed by atoms with Crippen molar-refractivity contribution in [3.8, 4) is 0 Å². The summed E-state index contributed by atoms with van der Waals surface area (Å²) in [5.41, 5.74) is 2.82. The van der Waals surface area contributed by atoms with Gasteiger partial charge in [0.05, 0.1) is 12.7 Å². The number of aliphatic hydroxyl groups is 2. The third kappa shape index (κ3) is 3.12. The number of benzene rings is 1. The van der Waals surface area contributed by atoms with E-state index in [4.69, 9.17) is 5.11 Å². The maximum absolute atomic E-state index is 9.40. The quantitative estimate of drug-likeness (QED) is 0.875. The van der Waals surface area contributed by atoms with Crippen LogP contribution in [0.5, 0.6) is 0 Å². The highest BCUT2D eigenvalue weighted by molar-refractivity contribution is 9.10. The van der Waals surface area contributed by atoms with E-state index in [1.165, 1.54) is 11.1 Å². The zero-order valence-electron chi connectivity index (χ0n) is 10.6. The Morgan fingerprint density at radius 2 is 2.28 bits per heavy atom. The van der Waals surface area contributed by atoms with Crippen LogP contribution in [0.2, 0.25) is 0 Å². The van der Waals surface area contributed by atoms with Gasteiger partial charge in [-0.05, 0) is 49.6 Å². The largest absolute Gasteiger partial charge is 0.394 e. The average Bonchev–Trinajstić information content (AvgIpc) is 2.78. The molecular weight excluding hydrogens is 294 g/mol. The number of halogens is 1. The number of nitrogens with zero attached hydrogens (tertiary/aromatic N) is 1. The highest BCUT2D eigenvalue weighted by Crippen LogP contribution is 2.36. The van der Waals surface area contributed by atoms with Crippen molar-refractivity contribution in [2.45, 2.75) is 31.4 Å². The molecule has 100 valence electrons. The summed E-state index contributed by atoms with van der Waals surface area (Å²) in [6, 6.07) is 6.93. The molecule has 3 nitrogen and oxygen atoms in total. The molecule has 2 rings (SSSR count). The van der Waals surface area contributed by atoms with Gasteiger partial charge in [-0.2, -0.15) is 0 Å². The van der Waals surface area contributed by atoms with Crippen molar-refractivity contribution in [3.05, 3.63) is 33.8 Å². The first-order valence-electron chi connectivity index (χ1n) is 6.39. The Labute approximate surface area is 117 Å². The molecule has 0 heterocycles. The van der Waals surface area contributed by atoms with E-state index in [0.717, 1.165) is 23.9 Å². The smallest absolute Gasteiger partial charge is 0.0783 e. The third-order valence-electron chi connectivity index (χ3n) is 3.71. The zero-order valence-corrected chi connectivity index (χ0v) is 12.2. The maximum Gasteiger partial charge on any atom is 0.0783 e. The highest BCUT2D eigenvalue weighted by atomic mass is 79.9. The van der Waals surface area contributed by atoms with E-state index < -0.39 is 6.10 Å². The first-order chi connectivity index (χ1) is 8.61. The number of aryl methyl sites for hydroxylation is 1. The fourth-order valence-electron chi connectivity index (χ4n) is 2.62. The Morgan fingerprint density at radius 3 is 3.00 bits per heavy atom. The SMILES string of the molecule is CN(CCC(O)CO)C1CCc2cc(Br)ccc21. The molecule has 0 spiro atoms. The van der Waals surface area contributed by atoms with Gasteiger partial charge in [0.2, 0.25) is 0 Å². The molecule has 0 aliphatic heterocycles. The minimum Gasteiger partial charge on any atom is -0.394 e. The van der Waals surface area contributed by atoms with Crippen LogP contribution in [0.15, 0.2) is 22.7 Å². The van der Waals surface area contributed by atoms with Gasteiger partial charge in [-0.1, -0.05) is 22.0 Å². The number of rotatable bonds is 5. The van der Waals surface area contributed by atoms with Crippen LogP contribution in [0.1, 0.15) is 30.0 Å². The van der Waals surface area contributed by atoms with Crippen molar-refractivity contribution >= 4 is 15.9 Å². The second-order valence-corrected chi connectivity index (χ2v) is 5.92. The average molecular weight is 314 g/mol. The van der Waals surface area contributed by atoms with Gasteiger partial charge in [-0.15, -0.1) is 0 Å². The van der Waals surface area contributed by atoms with Gasteiger partial charge in [0.25, 0.3) is 0 Å². The van der Waals surface area contributed by atoms with E-state index in [0.29, 0.717) is 12.5 Å². The monoisotopic (exact) mass is 313 g/mol. The van der Waals surface area contributed by atoms with Gasteiger partial charge in [-0.3, -0.25) is 4.90 Å². The van der Waals surface area contributed by atoms with Gasteiger partial charge in [0, 0.05) is 17.1 Å². The topological polar surface area (TPSA) is 43.7 Å². The summed E-state index contributed by atoms with van der Waals surface area (Å²) in [6.45, 7) is 0.657. The molecule has 0 fully saturated rings. The number of hydrogen-bond acceptors (Lipinski definition) is 3. The lowest BCUT2D eigenvalue weighted by Crippen LogP contribution is -2.27. The van der Waals surface area contributed by atoms with Crippen molar-refractivity contribution in [2.75, 3.05) is 20.2 Å². The Morgan fingerprint density at radius 1 is 1.50 bits per heavy atom. The Hall–Kier alpha value is -0.420. The molecule has 0 saturated heterocycles. The minimum atomic E-state index is -0.599. The summed E-state index contributed by atoms with van der Waals surface area (Å²) in [5.74, 6) is 0. The Balaban J connectivity index is 2.00. The van der Waals surface area contributed by atoms with Crippen LogP contribution in [-0.2, 0) is 6.42 Å². The molecule has 4 heteroatoms. The van der Waals surface area contributed by atoms with Crippen LogP contribution >= 0.6 is 15.9 Å². The number of fused-ring (bicyclic) bond motifs is 1. The predicted molar refractivity (Wildman–Crippen MR) is 75.5 cm³/mol. The van der Waals surface area contributed by atoms with E-state index in [9.17, 15) is 5.11 Å². The molecule has 2 unspecified atom stereocenters. The van der Waals surface area contributed by atoms with Crippen LogP contribution in [0.3, 0.4) is 0 Å². The van der Waals surface area contributed by atoms with Crippen molar-refractivity contribution < 1.29 is 10.2 Å². The van der Waals surface area contributed by atoms with Gasteiger partial charge in [0.1, 0.15) is 0 Å². The van der Waals surface area contributed by atoms with Crippen molar-refractivity contribution in [3.63, 3.8) is 0 Å². The third-order valence-corrected chi connectivity index (χ3v) is 4.20. The second-order valence-electron chi connectivity index (χ2n) is 5.00. The lowest BCUT2D eigenvalue weighted by molar-refractivity contribution is 0.0751. The Kier molecular flexibility index (Phi) is 4.78. The van der Waals surface area contributed by atoms with Crippen molar-refractivity contribution in [2.24, 2.45) is 0 Å². The molecular formula is C14H20BrNO2. The molecule has 18 heavy (non-hydrogen) atoms. The van der Waals surface area contributed by atoms with Gasteiger partial charge in [-0.25, -0.2) is 0 Å². The molecule has 0 bridgehead atoms. The van der Waals surface area contributed by atoms with E-state index in [1.807, 2.05) is 0 Å². The molecule has 0 aromatic heterocycles. The van der Waals surface area contributed by atoms with Gasteiger partial charge in [0.15, 0.2) is 0 Å². The molecule has 2 N–H and O–H groups in total. The second kappa shape index (κ2) is 6.15. The summed E-state index contributed by atoms with van der Waals surface area (Å²) in [5, 5.41) is 18.2. The van der Waals surface area contributed by atoms with E-state index >= 15 is 0 Å². The minimum absolute atomic E-state index is 0.151. The molecule has 2 atom stereocenters. The van der Waals surface area contributed by atoms with Crippen molar-refractivity contribution in [1.29, 1.82) is 0 Å². The fraction of sp³-hybridized carbons (Fsp3) is 0.571. The molecule has 0 amide bonds. The molecule has 1 aliphatic rings. The van der Waals surface area contributed by atoms with Crippen LogP contribution < -0.4 is 0 Å². The Bertz CT molecular complexity index is 411. The molecule has 0 radical (unpaired) electrons. The van der Waals surface area contributed by atoms with Crippen molar-refractivity contribution in [1.82, 2.24) is 4.90 Å². The normalized spacial score (nSPS) is 20.2. The lowest BCUT2D eigenvalue weighted by Gasteiger charge is -2.26. The van der Waals surface area contributed by atoms with E-state index in [2.05, 4.69) is 46.1 Å².